The molecule has 17 heavy (non-hydrogen) atoms. The minimum Gasteiger partial charge on any atom is -1.00 e. The Morgan fingerprint density at radius 3 is 2.76 bits per heavy atom. The van der Waals surface area contributed by atoms with E-state index < -0.39 is 6.17 Å². The number of dihydropyridines is 1. The van der Waals surface area contributed by atoms with Crippen molar-refractivity contribution in [3.05, 3.63) is 41.7 Å². The molecule has 2 heterocycles. The summed E-state index contributed by atoms with van der Waals surface area (Å²) in [4.78, 5) is 15.8. The number of ketones is 1. The first-order valence-electron chi connectivity index (χ1n) is 5.04. The van der Waals surface area contributed by atoms with Crippen LogP contribution < -0.4 is 17.0 Å². The van der Waals surface area contributed by atoms with Crippen LogP contribution in [0.3, 0.4) is 0 Å². The molecule has 5 heteroatoms. The number of rotatable bonds is 1. The Morgan fingerprint density at radius 1 is 1.41 bits per heavy atom. The molecule has 1 aliphatic rings. The Morgan fingerprint density at radius 2 is 2.12 bits per heavy atom. The number of halogens is 1. The van der Waals surface area contributed by atoms with Gasteiger partial charge in [0.1, 0.15) is 0 Å². The summed E-state index contributed by atoms with van der Waals surface area (Å²) in [5, 5.41) is 9.41. The second-order valence-electron chi connectivity index (χ2n) is 3.88. The van der Waals surface area contributed by atoms with E-state index in [4.69, 9.17) is 0 Å². The molecule has 0 fully saturated rings. The molecule has 0 aromatic carbocycles. The number of nitrogens with zero attached hydrogens (tertiary/aromatic N) is 2. The lowest BCUT2D eigenvalue weighted by molar-refractivity contribution is -0.707. The second kappa shape index (κ2) is 5.10. The first-order valence-corrected chi connectivity index (χ1v) is 5.04. The van der Waals surface area contributed by atoms with Crippen molar-refractivity contribution < 1.29 is 26.9 Å². The lowest BCUT2D eigenvalue weighted by atomic mass is 10.1. The van der Waals surface area contributed by atoms with Gasteiger partial charge >= 0.3 is 6.17 Å². The zero-order chi connectivity index (χ0) is 11.7. The van der Waals surface area contributed by atoms with Crippen molar-refractivity contribution in [2.75, 3.05) is 0 Å². The number of aryl methyl sites for hydroxylation is 1. The first-order chi connectivity index (χ1) is 7.58. The molecule has 1 aromatic heterocycles. The van der Waals surface area contributed by atoms with Gasteiger partial charge < -0.3 is 17.5 Å². The summed E-state index contributed by atoms with van der Waals surface area (Å²) in [7, 11) is 0. The Kier molecular flexibility index (Phi) is 4.02. The molecule has 1 aliphatic heterocycles. The standard InChI is InChI=1S/C12H12N2O2.ClH/c1-8-4-3-5-14(7-8)12-11(16)9(2)6-10(15)13-12;/h3-7,12H,1-2H3;1H. The highest BCUT2D eigenvalue weighted by atomic mass is 35.5. The van der Waals surface area contributed by atoms with Crippen molar-refractivity contribution in [1.82, 2.24) is 0 Å². The largest absolute Gasteiger partial charge is 1.00 e. The van der Waals surface area contributed by atoms with Gasteiger partial charge in [-0.1, -0.05) is 0 Å². The lowest BCUT2D eigenvalue weighted by Crippen LogP contribution is -3.00. The first kappa shape index (κ1) is 13.4. The molecule has 1 unspecified atom stereocenters. The minimum absolute atomic E-state index is 0. The van der Waals surface area contributed by atoms with Crippen LogP contribution in [-0.2, 0) is 4.79 Å². The van der Waals surface area contributed by atoms with Crippen LogP contribution >= 0.6 is 0 Å². The van der Waals surface area contributed by atoms with Gasteiger partial charge in [0.2, 0.25) is 5.90 Å². The van der Waals surface area contributed by atoms with Crippen molar-refractivity contribution in [2.45, 2.75) is 20.0 Å². The minimum atomic E-state index is -0.676. The van der Waals surface area contributed by atoms with Crippen molar-refractivity contribution in [1.29, 1.82) is 0 Å². The highest BCUT2D eigenvalue weighted by molar-refractivity contribution is 6.06. The maximum atomic E-state index is 11.9. The molecule has 0 amide bonds. The van der Waals surface area contributed by atoms with E-state index >= 15 is 0 Å². The monoisotopic (exact) mass is 252 g/mol. The van der Waals surface area contributed by atoms with E-state index in [9.17, 15) is 9.90 Å². The molecular formula is C12H13ClN2O2. The van der Waals surface area contributed by atoms with Gasteiger partial charge in [-0.3, -0.25) is 4.79 Å². The van der Waals surface area contributed by atoms with Crippen LogP contribution in [0.15, 0.2) is 41.2 Å². The Balaban J connectivity index is 0.00000144. The molecule has 1 N–H and O–H groups in total. The molecule has 1 aromatic rings. The summed E-state index contributed by atoms with van der Waals surface area (Å²) < 4.78 is 1.70. The van der Waals surface area contributed by atoms with Crippen molar-refractivity contribution >= 4 is 11.7 Å². The Hall–Kier alpha value is -1.68. The van der Waals surface area contributed by atoms with Crippen LogP contribution in [0.5, 0.6) is 0 Å². The van der Waals surface area contributed by atoms with Crippen LogP contribution in [-0.4, -0.2) is 16.8 Å². The molecule has 0 spiro atoms. The van der Waals surface area contributed by atoms with Crippen molar-refractivity contribution in [2.24, 2.45) is 4.99 Å². The highest BCUT2D eigenvalue weighted by Crippen LogP contribution is 2.14. The summed E-state index contributed by atoms with van der Waals surface area (Å²) >= 11 is 0. The number of aromatic nitrogens is 1. The molecule has 2 rings (SSSR count). The van der Waals surface area contributed by atoms with Crippen LogP contribution in [0.25, 0.3) is 0 Å². The van der Waals surface area contributed by atoms with Gasteiger partial charge in [0.15, 0.2) is 12.4 Å². The maximum Gasteiger partial charge on any atom is 0.317 e. The van der Waals surface area contributed by atoms with Crippen LogP contribution in [0, 0.1) is 6.92 Å². The molecule has 1 atom stereocenters. The van der Waals surface area contributed by atoms with Crippen LogP contribution in [0.4, 0.5) is 0 Å². The van der Waals surface area contributed by atoms with E-state index in [1.165, 1.54) is 6.08 Å². The Labute approximate surface area is 106 Å². The predicted octanol–water partition coefficient (Wildman–Crippen LogP) is -1.73. The van der Waals surface area contributed by atoms with Gasteiger partial charge in [-0.2, -0.15) is 9.56 Å². The van der Waals surface area contributed by atoms with E-state index in [-0.39, 0.29) is 24.1 Å². The SMILES string of the molecule is CC1=CC(O)=NC([n+]2cccc(C)c2)C1=O.[Cl-]. The number of hydrogen-bond donors (Lipinski definition) is 1. The third kappa shape index (κ3) is 2.71. The molecule has 0 bridgehead atoms. The average Bonchev–Trinajstić information content (AvgIpc) is 2.23. The smallest absolute Gasteiger partial charge is 0.317 e. The van der Waals surface area contributed by atoms with E-state index in [2.05, 4.69) is 4.99 Å². The number of carbonyl (C=O) groups excluding carboxylic acids is 1. The lowest BCUT2D eigenvalue weighted by Gasteiger charge is -2.11. The third-order valence-electron chi connectivity index (χ3n) is 2.48. The summed E-state index contributed by atoms with van der Waals surface area (Å²) in [6.07, 6.45) is 4.31. The number of aliphatic imine (C=N–C) groups is 1. The summed E-state index contributed by atoms with van der Waals surface area (Å²) in [5.74, 6) is -0.190. The number of aliphatic hydroxyl groups is 1. The van der Waals surface area contributed by atoms with Gasteiger partial charge in [-0.15, -0.1) is 0 Å². The quantitative estimate of drug-likeness (QED) is 0.604. The second-order valence-corrected chi connectivity index (χ2v) is 3.88. The molecule has 90 valence electrons. The number of carbonyl (C=O) groups is 1. The average molecular weight is 253 g/mol. The number of aliphatic hydroxyl groups excluding tert-OH is 1. The maximum absolute atomic E-state index is 11.9. The van der Waals surface area contributed by atoms with Crippen molar-refractivity contribution in [3.8, 4) is 0 Å². The van der Waals surface area contributed by atoms with Crippen molar-refractivity contribution in [3.63, 3.8) is 0 Å². The molecule has 4 nitrogen and oxygen atoms in total. The fourth-order valence-electron chi connectivity index (χ4n) is 1.66. The van der Waals surface area contributed by atoms with E-state index in [1.807, 2.05) is 25.3 Å². The fraction of sp³-hybridized carbons (Fsp3) is 0.250. The van der Waals surface area contributed by atoms with Gasteiger partial charge in [-0.05, 0) is 19.9 Å². The zero-order valence-corrected chi connectivity index (χ0v) is 10.3. The normalized spacial score (nSPS) is 19.2. The van der Waals surface area contributed by atoms with E-state index in [1.54, 1.807) is 17.7 Å². The van der Waals surface area contributed by atoms with Crippen LogP contribution in [0.1, 0.15) is 18.7 Å². The van der Waals surface area contributed by atoms with Crippen LogP contribution in [0.2, 0.25) is 0 Å². The summed E-state index contributed by atoms with van der Waals surface area (Å²) in [5.41, 5.74) is 1.56. The Bertz CT molecular complexity index is 509. The molecule has 0 radical (unpaired) electrons. The number of pyridine rings is 1. The molecular weight excluding hydrogens is 240 g/mol. The predicted molar refractivity (Wildman–Crippen MR) is 59.2 cm³/mol. The van der Waals surface area contributed by atoms with E-state index in [0.717, 1.165) is 5.56 Å². The summed E-state index contributed by atoms with van der Waals surface area (Å²) in [6.45, 7) is 3.62. The third-order valence-corrected chi connectivity index (χ3v) is 2.48. The fourth-order valence-corrected chi connectivity index (χ4v) is 1.66. The van der Waals surface area contributed by atoms with E-state index in [0.29, 0.717) is 5.57 Å². The van der Waals surface area contributed by atoms with Gasteiger partial charge in [0.25, 0.3) is 5.78 Å². The van der Waals surface area contributed by atoms with Gasteiger partial charge in [0.05, 0.1) is 0 Å². The molecule has 0 saturated carbocycles. The van der Waals surface area contributed by atoms with Gasteiger partial charge in [-0.25, -0.2) is 0 Å². The van der Waals surface area contributed by atoms with Gasteiger partial charge in [0, 0.05) is 23.3 Å². The number of Topliss-reactive ketones (excluding diaryl/α,β-unsaturated/α-hetero) is 1. The topological polar surface area (TPSA) is 53.5 Å². The molecule has 0 aliphatic carbocycles. The molecule has 0 saturated heterocycles. The zero-order valence-electron chi connectivity index (χ0n) is 9.59. The number of hydrogen-bond acceptors (Lipinski definition) is 2. The highest BCUT2D eigenvalue weighted by Gasteiger charge is 2.31. The summed E-state index contributed by atoms with van der Waals surface area (Å²) in [6, 6.07) is 3.79.